The Labute approximate surface area is 237 Å². The number of halogens is 1. The molecule has 14 heteroatoms. The Kier molecular flexibility index (Phi) is 7.75. The van der Waals surface area contributed by atoms with Crippen molar-refractivity contribution in [3.8, 4) is 28.7 Å². The summed E-state index contributed by atoms with van der Waals surface area (Å²) in [6.45, 7) is 0.961. The van der Waals surface area contributed by atoms with Crippen LogP contribution in [0.25, 0.3) is 22.6 Å². The second kappa shape index (κ2) is 11.4. The maximum absolute atomic E-state index is 13.7. The van der Waals surface area contributed by atoms with Crippen LogP contribution in [-0.2, 0) is 36.1 Å². The van der Waals surface area contributed by atoms with Crippen LogP contribution in [0, 0.1) is 22.6 Å². The van der Waals surface area contributed by atoms with E-state index in [1.807, 2.05) is 17.5 Å². The third-order valence-electron chi connectivity index (χ3n) is 6.32. The van der Waals surface area contributed by atoms with E-state index >= 15 is 0 Å². The highest BCUT2D eigenvalue weighted by molar-refractivity contribution is 7.09. The molecule has 1 saturated heterocycles. The third-order valence-corrected chi connectivity index (χ3v) is 7.20. The van der Waals surface area contributed by atoms with Gasteiger partial charge in [-0.1, -0.05) is 6.07 Å². The van der Waals surface area contributed by atoms with Crippen molar-refractivity contribution in [1.82, 2.24) is 19.9 Å². The number of imidazole rings is 1. The molecule has 4 heterocycles. The Morgan fingerprint density at radius 2 is 1.98 bits per heavy atom. The SMILES string of the molecule is CC1(C(=O)OCC#N)COC(C(N)=O)(c2nc(-c3ccc(F)cc3)c(-c3ccnc(NCc4cccs4)n3)[nH]2)OC1. The maximum atomic E-state index is 13.7. The molecule has 1 amide bonds. The minimum absolute atomic E-state index is 0.0986. The fourth-order valence-electron chi connectivity index (χ4n) is 4.08. The molecule has 1 aliphatic rings. The summed E-state index contributed by atoms with van der Waals surface area (Å²) in [5.74, 6) is -4.13. The number of hydrogen-bond acceptors (Lipinski definition) is 11. The zero-order valence-corrected chi connectivity index (χ0v) is 22.5. The number of carbonyl (C=O) groups is 2. The Morgan fingerprint density at radius 1 is 1.22 bits per heavy atom. The van der Waals surface area contributed by atoms with E-state index in [2.05, 4.69) is 25.3 Å². The minimum atomic E-state index is -2.19. The van der Waals surface area contributed by atoms with Crippen molar-refractivity contribution in [2.75, 3.05) is 25.1 Å². The van der Waals surface area contributed by atoms with Gasteiger partial charge in [0, 0.05) is 16.6 Å². The summed E-state index contributed by atoms with van der Waals surface area (Å²) in [6, 6.07) is 12.9. The molecule has 3 aromatic heterocycles. The number of amides is 1. The summed E-state index contributed by atoms with van der Waals surface area (Å²) in [5, 5.41) is 13.9. The number of H-pyrrole nitrogens is 1. The van der Waals surface area contributed by atoms with E-state index in [1.54, 1.807) is 29.7 Å². The summed E-state index contributed by atoms with van der Waals surface area (Å²) < 4.78 is 30.3. The number of aromatic nitrogens is 4. The zero-order valence-electron chi connectivity index (χ0n) is 21.7. The van der Waals surface area contributed by atoms with Gasteiger partial charge in [-0.05, 0) is 48.7 Å². The smallest absolute Gasteiger partial charge is 0.317 e. The van der Waals surface area contributed by atoms with E-state index in [-0.39, 0.29) is 19.0 Å². The number of nitriles is 1. The lowest BCUT2D eigenvalue weighted by atomic mass is 9.91. The standard InChI is InChI=1S/C27H24FN7O5S/c1-26(24(37)38-11-9-29)14-39-27(22(30)36,40-15-26)23-34-20(16-4-6-17(28)7-5-16)21(35-23)19-8-10-31-25(33-19)32-13-18-3-2-12-41-18/h2-8,10,12H,11,13-15H2,1H3,(H2,30,36)(H,34,35)(H,31,32,33). The molecule has 0 atom stereocenters. The number of benzene rings is 1. The number of nitrogens with two attached hydrogens (primary N) is 1. The highest BCUT2D eigenvalue weighted by Crippen LogP contribution is 2.39. The lowest BCUT2D eigenvalue weighted by molar-refractivity contribution is -0.293. The van der Waals surface area contributed by atoms with Crippen LogP contribution in [0.5, 0.6) is 0 Å². The Bertz CT molecular complexity index is 1590. The summed E-state index contributed by atoms with van der Waals surface area (Å²) in [6.07, 6.45) is 1.56. The molecule has 0 aliphatic carbocycles. The molecule has 0 spiro atoms. The molecule has 0 bridgehead atoms. The molecule has 210 valence electrons. The van der Waals surface area contributed by atoms with Gasteiger partial charge in [-0.3, -0.25) is 9.59 Å². The third kappa shape index (κ3) is 5.64. The van der Waals surface area contributed by atoms with Crippen molar-refractivity contribution >= 4 is 29.2 Å². The molecule has 1 aromatic carbocycles. The predicted octanol–water partition coefficient (Wildman–Crippen LogP) is 3.10. The van der Waals surface area contributed by atoms with Crippen LogP contribution >= 0.6 is 11.3 Å². The van der Waals surface area contributed by atoms with Crippen LogP contribution in [0.3, 0.4) is 0 Å². The van der Waals surface area contributed by atoms with Gasteiger partial charge in [-0.25, -0.2) is 19.3 Å². The number of aromatic amines is 1. The molecule has 0 radical (unpaired) electrons. The number of thiophene rings is 1. The fraction of sp³-hybridized carbons (Fsp3) is 0.259. The first-order chi connectivity index (χ1) is 19.7. The van der Waals surface area contributed by atoms with Crippen molar-refractivity contribution < 1.29 is 28.2 Å². The van der Waals surface area contributed by atoms with Crippen molar-refractivity contribution in [2.24, 2.45) is 11.1 Å². The number of primary amides is 1. The lowest BCUT2D eigenvalue weighted by Gasteiger charge is -2.40. The fourth-order valence-corrected chi connectivity index (χ4v) is 4.73. The first-order valence-corrected chi connectivity index (χ1v) is 13.2. The molecular weight excluding hydrogens is 553 g/mol. The van der Waals surface area contributed by atoms with Crippen LogP contribution in [0.2, 0.25) is 0 Å². The normalized spacial score (nSPS) is 20.2. The Morgan fingerprint density at radius 3 is 2.63 bits per heavy atom. The van der Waals surface area contributed by atoms with Gasteiger partial charge in [0.1, 0.15) is 17.3 Å². The predicted molar refractivity (Wildman–Crippen MR) is 144 cm³/mol. The average Bonchev–Trinajstić information content (AvgIpc) is 3.67. The van der Waals surface area contributed by atoms with Gasteiger partial charge in [0.25, 0.3) is 5.91 Å². The van der Waals surface area contributed by atoms with E-state index in [1.165, 1.54) is 31.2 Å². The first kappa shape index (κ1) is 27.8. The van der Waals surface area contributed by atoms with E-state index in [4.69, 9.17) is 25.2 Å². The molecule has 1 fully saturated rings. The molecule has 4 aromatic rings. The highest BCUT2D eigenvalue weighted by atomic mass is 32.1. The van der Waals surface area contributed by atoms with E-state index < -0.39 is 35.5 Å². The number of esters is 1. The van der Waals surface area contributed by atoms with Gasteiger partial charge < -0.3 is 30.2 Å². The van der Waals surface area contributed by atoms with Gasteiger partial charge in [0.15, 0.2) is 12.4 Å². The molecule has 5 rings (SSSR count). The van der Waals surface area contributed by atoms with Crippen molar-refractivity contribution in [1.29, 1.82) is 5.26 Å². The van der Waals surface area contributed by atoms with Crippen LogP contribution in [-0.4, -0.2) is 51.6 Å². The van der Waals surface area contributed by atoms with Crippen LogP contribution < -0.4 is 11.1 Å². The van der Waals surface area contributed by atoms with Crippen LogP contribution in [0.4, 0.5) is 10.3 Å². The average molecular weight is 578 g/mol. The molecule has 12 nitrogen and oxygen atoms in total. The molecule has 0 unspecified atom stereocenters. The number of ether oxygens (including phenoxy) is 3. The first-order valence-electron chi connectivity index (χ1n) is 12.3. The number of hydrogen-bond donors (Lipinski definition) is 3. The maximum Gasteiger partial charge on any atom is 0.317 e. The summed E-state index contributed by atoms with van der Waals surface area (Å²) in [4.78, 5) is 42.9. The zero-order chi connectivity index (χ0) is 29.0. The van der Waals surface area contributed by atoms with Crippen molar-refractivity contribution in [2.45, 2.75) is 19.3 Å². The Balaban J connectivity index is 1.52. The van der Waals surface area contributed by atoms with Crippen LogP contribution in [0.15, 0.2) is 54.0 Å². The summed E-state index contributed by atoms with van der Waals surface area (Å²) in [7, 11) is 0. The molecule has 1 aliphatic heterocycles. The van der Waals surface area contributed by atoms with Gasteiger partial charge in [0.05, 0.1) is 36.8 Å². The van der Waals surface area contributed by atoms with E-state index in [0.717, 1.165) is 4.88 Å². The molecular formula is C27H24FN7O5S. The van der Waals surface area contributed by atoms with Gasteiger partial charge in [-0.2, -0.15) is 5.26 Å². The summed E-state index contributed by atoms with van der Waals surface area (Å²) >= 11 is 1.59. The molecule has 41 heavy (non-hydrogen) atoms. The number of nitrogens with zero attached hydrogens (tertiary/aromatic N) is 4. The summed E-state index contributed by atoms with van der Waals surface area (Å²) in [5.41, 5.74) is 6.05. The topological polar surface area (TPSA) is 178 Å². The van der Waals surface area contributed by atoms with E-state index in [0.29, 0.717) is 35.1 Å². The van der Waals surface area contributed by atoms with Gasteiger partial charge in [0.2, 0.25) is 5.95 Å². The second-order valence-corrected chi connectivity index (χ2v) is 10.4. The number of anilines is 1. The van der Waals surface area contributed by atoms with Gasteiger partial charge in [-0.15, -0.1) is 11.3 Å². The van der Waals surface area contributed by atoms with Gasteiger partial charge >= 0.3 is 11.8 Å². The highest BCUT2D eigenvalue weighted by Gasteiger charge is 2.54. The Hall–Kier alpha value is -4.71. The van der Waals surface area contributed by atoms with E-state index in [9.17, 15) is 14.0 Å². The second-order valence-electron chi connectivity index (χ2n) is 9.37. The van der Waals surface area contributed by atoms with Crippen LogP contribution in [0.1, 0.15) is 17.6 Å². The monoisotopic (exact) mass is 577 g/mol. The minimum Gasteiger partial charge on any atom is -0.450 e. The number of rotatable bonds is 9. The number of carbonyl (C=O) groups excluding carboxylic acids is 2. The number of nitrogens with one attached hydrogen (secondary N) is 2. The quantitative estimate of drug-likeness (QED) is 0.250. The molecule has 4 N–H and O–H groups in total. The largest absolute Gasteiger partial charge is 0.450 e. The van der Waals surface area contributed by atoms with Crippen molar-refractivity contribution in [3.63, 3.8) is 0 Å². The molecule has 0 saturated carbocycles. The lowest BCUT2D eigenvalue weighted by Crippen LogP contribution is -2.56. The van der Waals surface area contributed by atoms with Crippen molar-refractivity contribution in [3.05, 3.63) is 70.6 Å².